The van der Waals surface area contributed by atoms with Crippen LogP contribution in [0.1, 0.15) is 41.9 Å². The Bertz CT molecular complexity index is 1560. The standard InChI is InChI=1S/C29H24N4O4S/c34-27-17-36-23-11-5-4-10-21(23)32(27)16-26-30-28(31-37-26)18-13-14-22-25(15-18)38-24-12-6-3-9-20(24)29(35)33(22)19-7-1-2-8-19/h3-6,9-15,19H,1-2,7-8,16-17H2. The fourth-order valence-electron chi connectivity index (χ4n) is 5.45. The van der Waals surface area contributed by atoms with E-state index in [1.54, 1.807) is 16.7 Å². The zero-order valence-electron chi connectivity index (χ0n) is 20.5. The van der Waals surface area contributed by atoms with Gasteiger partial charge >= 0.3 is 0 Å². The van der Waals surface area contributed by atoms with Crippen molar-refractivity contribution < 1.29 is 18.8 Å². The van der Waals surface area contributed by atoms with Crippen LogP contribution in [0.4, 0.5) is 11.4 Å². The molecule has 2 aliphatic heterocycles. The van der Waals surface area contributed by atoms with Gasteiger partial charge in [0.1, 0.15) is 12.3 Å². The fourth-order valence-corrected chi connectivity index (χ4v) is 6.55. The number of carbonyl (C=O) groups is 2. The predicted octanol–water partition coefficient (Wildman–Crippen LogP) is 5.72. The Balaban J connectivity index is 1.22. The lowest BCUT2D eigenvalue weighted by Crippen LogP contribution is -2.39. The van der Waals surface area contributed by atoms with Gasteiger partial charge in [-0.15, -0.1) is 0 Å². The lowest BCUT2D eigenvalue weighted by Gasteiger charge is -2.29. The van der Waals surface area contributed by atoms with Gasteiger partial charge < -0.3 is 14.2 Å². The van der Waals surface area contributed by atoms with Crippen molar-refractivity contribution in [3.63, 3.8) is 0 Å². The highest BCUT2D eigenvalue weighted by Gasteiger charge is 2.34. The number of para-hydroxylation sites is 2. The molecule has 0 N–H and O–H groups in total. The average Bonchev–Trinajstić information content (AvgIpc) is 3.62. The molecule has 0 unspecified atom stereocenters. The number of rotatable bonds is 4. The van der Waals surface area contributed by atoms with Crippen molar-refractivity contribution in [2.75, 3.05) is 16.4 Å². The van der Waals surface area contributed by atoms with Crippen LogP contribution in [0.15, 0.2) is 81.0 Å². The Morgan fingerprint density at radius 1 is 0.921 bits per heavy atom. The number of hydrogen-bond acceptors (Lipinski definition) is 7. The summed E-state index contributed by atoms with van der Waals surface area (Å²) in [7, 11) is 0. The van der Waals surface area contributed by atoms with Gasteiger partial charge in [-0.2, -0.15) is 4.98 Å². The molecule has 1 aliphatic carbocycles. The quantitative estimate of drug-likeness (QED) is 0.338. The van der Waals surface area contributed by atoms with E-state index in [1.807, 2.05) is 71.6 Å². The first-order valence-corrected chi connectivity index (χ1v) is 13.6. The summed E-state index contributed by atoms with van der Waals surface area (Å²) >= 11 is 1.59. The van der Waals surface area contributed by atoms with Crippen molar-refractivity contribution in [2.24, 2.45) is 0 Å². The molecule has 3 aromatic carbocycles. The van der Waals surface area contributed by atoms with E-state index in [2.05, 4.69) is 10.1 Å². The number of anilines is 2. The van der Waals surface area contributed by atoms with Crippen LogP contribution in [0.5, 0.6) is 5.75 Å². The summed E-state index contributed by atoms with van der Waals surface area (Å²) in [6, 6.07) is 21.4. The lowest BCUT2D eigenvalue weighted by atomic mass is 10.1. The van der Waals surface area contributed by atoms with Crippen molar-refractivity contribution in [3.8, 4) is 17.1 Å². The van der Waals surface area contributed by atoms with Crippen molar-refractivity contribution >= 4 is 35.0 Å². The van der Waals surface area contributed by atoms with Gasteiger partial charge in [0, 0.05) is 21.4 Å². The Kier molecular flexibility index (Phi) is 5.65. The van der Waals surface area contributed by atoms with E-state index >= 15 is 0 Å². The molecule has 1 fully saturated rings. The molecule has 0 spiro atoms. The Morgan fingerprint density at radius 3 is 2.63 bits per heavy atom. The molecular weight excluding hydrogens is 500 g/mol. The van der Waals surface area contributed by atoms with Gasteiger partial charge in [-0.3, -0.25) is 14.5 Å². The molecule has 8 nitrogen and oxygen atoms in total. The first-order chi connectivity index (χ1) is 18.7. The molecule has 7 rings (SSSR count). The zero-order valence-corrected chi connectivity index (χ0v) is 21.3. The normalized spacial score (nSPS) is 17.1. The van der Waals surface area contributed by atoms with Crippen LogP contribution >= 0.6 is 11.8 Å². The molecular formula is C29H24N4O4S. The third kappa shape index (κ3) is 3.94. The van der Waals surface area contributed by atoms with Crippen molar-refractivity contribution in [1.82, 2.24) is 10.1 Å². The molecule has 1 saturated carbocycles. The van der Waals surface area contributed by atoms with Crippen molar-refractivity contribution in [3.05, 3.63) is 78.2 Å². The minimum Gasteiger partial charge on any atom is -0.482 e. The zero-order chi connectivity index (χ0) is 25.6. The van der Waals surface area contributed by atoms with E-state index in [-0.39, 0.29) is 31.0 Å². The molecule has 38 heavy (non-hydrogen) atoms. The summed E-state index contributed by atoms with van der Waals surface area (Å²) in [6.45, 7) is 0.126. The van der Waals surface area contributed by atoms with E-state index in [0.717, 1.165) is 52.3 Å². The van der Waals surface area contributed by atoms with Crippen LogP contribution in [0.25, 0.3) is 11.4 Å². The van der Waals surface area contributed by atoms with E-state index in [4.69, 9.17) is 9.26 Å². The Morgan fingerprint density at radius 2 is 1.74 bits per heavy atom. The predicted molar refractivity (Wildman–Crippen MR) is 142 cm³/mol. The van der Waals surface area contributed by atoms with Gasteiger partial charge in [-0.05, 0) is 55.3 Å². The molecule has 3 aliphatic rings. The van der Waals surface area contributed by atoms with E-state index < -0.39 is 0 Å². The largest absolute Gasteiger partial charge is 0.482 e. The maximum atomic E-state index is 13.7. The molecule has 2 amide bonds. The van der Waals surface area contributed by atoms with Crippen molar-refractivity contribution in [1.29, 1.82) is 0 Å². The number of carbonyl (C=O) groups excluding carboxylic acids is 2. The second-order valence-electron chi connectivity index (χ2n) is 9.64. The molecule has 1 aromatic heterocycles. The van der Waals surface area contributed by atoms with Gasteiger partial charge in [-0.1, -0.05) is 54.0 Å². The minimum absolute atomic E-state index is 0.0300. The molecule has 4 aromatic rings. The molecule has 9 heteroatoms. The molecule has 0 bridgehead atoms. The third-order valence-corrected chi connectivity index (χ3v) is 8.42. The first kappa shape index (κ1) is 23.0. The summed E-state index contributed by atoms with van der Waals surface area (Å²) in [4.78, 5) is 36.4. The smallest absolute Gasteiger partial charge is 0.265 e. The number of aromatic nitrogens is 2. The minimum atomic E-state index is -0.166. The third-order valence-electron chi connectivity index (χ3n) is 7.29. The van der Waals surface area contributed by atoms with E-state index in [0.29, 0.717) is 23.2 Å². The number of fused-ring (bicyclic) bond motifs is 3. The second-order valence-corrected chi connectivity index (χ2v) is 10.7. The van der Waals surface area contributed by atoms with Gasteiger partial charge in [0.25, 0.3) is 11.8 Å². The summed E-state index contributed by atoms with van der Waals surface area (Å²) < 4.78 is 11.1. The highest BCUT2D eigenvalue weighted by molar-refractivity contribution is 7.99. The number of nitrogens with zero attached hydrogens (tertiary/aromatic N) is 4. The SMILES string of the molecule is O=C1COc2ccccc2N1Cc1nc(-c2ccc3c(c2)Sc2ccccc2C(=O)N3C2CCCC2)no1. The van der Waals surface area contributed by atoms with Crippen LogP contribution in [-0.2, 0) is 11.3 Å². The van der Waals surface area contributed by atoms with Crippen LogP contribution in [-0.4, -0.2) is 34.6 Å². The highest BCUT2D eigenvalue weighted by atomic mass is 32.2. The maximum absolute atomic E-state index is 13.7. The number of amides is 2. The van der Waals surface area contributed by atoms with Crippen LogP contribution in [0.2, 0.25) is 0 Å². The Hall–Kier alpha value is -4.11. The molecule has 0 saturated heterocycles. The maximum Gasteiger partial charge on any atom is 0.265 e. The first-order valence-electron chi connectivity index (χ1n) is 12.8. The highest BCUT2D eigenvalue weighted by Crippen LogP contribution is 2.45. The second kappa shape index (κ2) is 9.33. The van der Waals surface area contributed by atoms with Crippen LogP contribution < -0.4 is 14.5 Å². The number of ether oxygens (including phenoxy) is 1. The Labute approximate surface area is 223 Å². The number of hydrogen-bond donors (Lipinski definition) is 0. The molecule has 0 radical (unpaired) electrons. The topological polar surface area (TPSA) is 88.8 Å². The van der Waals surface area contributed by atoms with E-state index in [9.17, 15) is 9.59 Å². The molecule has 0 atom stereocenters. The van der Waals surface area contributed by atoms with Crippen LogP contribution in [0.3, 0.4) is 0 Å². The van der Waals surface area contributed by atoms with Gasteiger partial charge in [0.05, 0.1) is 16.9 Å². The molecule has 3 heterocycles. The molecule has 190 valence electrons. The summed E-state index contributed by atoms with van der Waals surface area (Å²) in [6.07, 6.45) is 4.30. The number of benzene rings is 3. The van der Waals surface area contributed by atoms with Gasteiger partial charge in [0.15, 0.2) is 6.61 Å². The monoisotopic (exact) mass is 524 g/mol. The lowest BCUT2D eigenvalue weighted by molar-refractivity contribution is -0.121. The van der Waals surface area contributed by atoms with Gasteiger partial charge in [0.2, 0.25) is 11.7 Å². The average molecular weight is 525 g/mol. The summed E-state index contributed by atoms with van der Waals surface area (Å²) in [5.74, 6) is 1.31. The van der Waals surface area contributed by atoms with E-state index in [1.165, 1.54) is 0 Å². The van der Waals surface area contributed by atoms with Crippen LogP contribution in [0, 0.1) is 0 Å². The summed E-state index contributed by atoms with van der Waals surface area (Å²) in [5.41, 5.74) is 3.13. The van der Waals surface area contributed by atoms with Gasteiger partial charge in [-0.25, -0.2) is 0 Å². The fraction of sp³-hybridized carbons (Fsp3) is 0.241. The van der Waals surface area contributed by atoms with Crippen molar-refractivity contribution in [2.45, 2.75) is 48.1 Å². The summed E-state index contributed by atoms with van der Waals surface area (Å²) in [5, 5.41) is 4.22.